The van der Waals surface area contributed by atoms with E-state index in [1.807, 2.05) is 6.07 Å². The fraction of sp³-hybridized carbons (Fsp3) is 0.480. The molecule has 8 heteroatoms. The first kappa shape index (κ1) is 25.2. The van der Waals surface area contributed by atoms with Crippen LogP contribution in [0.15, 0.2) is 24.3 Å². The van der Waals surface area contributed by atoms with Crippen molar-refractivity contribution >= 4 is 45.5 Å². The number of thiocarbonyl (C=S) groups is 1. The lowest BCUT2D eigenvalue weighted by atomic mass is 9.72. The normalized spacial score (nSPS) is 15.6. The van der Waals surface area contributed by atoms with Crippen LogP contribution in [0.5, 0.6) is 5.75 Å². The number of primary amides is 1. The molecular formula is C25H33N3O3S2. The highest BCUT2D eigenvalue weighted by Crippen LogP contribution is 2.44. The largest absolute Gasteiger partial charge is 0.493 e. The third kappa shape index (κ3) is 6.32. The molecule has 6 nitrogen and oxygen atoms in total. The monoisotopic (exact) mass is 487 g/mol. The number of amides is 2. The van der Waals surface area contributed by atoms with E-state index >= 15 is 0 Å². The lowest BCUT2D eigenvalue weighted by molar-refractivity contribution is 0.0975. The zero-order chi connectivity index (χ0) is 24.3. The molecule has 0 bridgehead atoms. The summed E-state index contributed by atoms with van der Waals surface area (Å²) in [6, 6.07) is 6.97. The first-order valence-electron chi connectivity index (χ1n) is 11.2. The number of nitrogens with two attached hydrogens (primary N) is 1. The Kier molecular flexibility index (Phi) is 7.80. The van der Waals surface area contributed by atoms with Gasteiger partial charge < -0.3 is 15.8 Å². The van der Waals surface area contributed by atoms with Gasteiger partial charge in [0.15, 0.2) is 5.11 Å². The number of carbonyl (C=O) groups excluding carboxylic acids is 2. The van der Waals surface area contributed by atoms with Crippen molar-refractivity contribution in [1.29, 1.82) is 0 Å². The number of rotatable bonds is 6. The Morgan fingerprint density at radius 2 is 2.03 bits per heavy atom. The minimum atomic E-state index is -0.478. The van der Waals surface area contributed by atoms with Gasteiger partial charge in [-0.2, -0.15) is 0 Å². The van der Waals surface area contributed by atoms with Gasteiger partial charge in [0.05, 0.1) is 12.2 Å². The number of ether oxygens (including phenoxy) is 1. The number of hydrogen-bond acceptors (Lipinski definition) is 5. The maximum absolute atomic E-state index is 12.7. The Hall–Kier alpha value is -2.45. The van der Waals surface area contributed by atoms with E-state index in [1.54, 1.807) is 18.2 Å². The third-order valence-electron chi connectivity index (χ3n) is 5.87. The van der Waals surface area contributed by atoms with Crippen molar-refractivity contribution in [1.82, 2.24) is 5.32 Å². The molecule has 4 N–H and O–H groups in total. The van der Waals surface area contributed by atoms with Gasteiger partial charge in [0.2, 0.25) is 0 Å². The molecule has 0 spiro atoms. The Labute approximate surface area is 205 Å². The van der Waals surface area contributed by atoms with E-state index in [9.17, 15) is 9.59 Å². The lowest BCUT2D eigenvalue weighted by Crippen LogP contribution is -2.34. The van der Waals surface area contributed by atoms with Crippen LogP contribution < -0.4 is 21.1 Å². The van der Waals surface area contributed by atoms with Gasteiger partial charge in [-0.25, -0.2) is 0 Å². The van der Waals surface area contributed by atoms with Gasteiger partial charge >= 0.3 is 0 Å². The predicted octanol–water partition coefficient (Wildman–Crippen LogP) is 5.16. The van der Waals surface area contributed by atoms with Crippen LogP contribution in [0.2, 0.25) is 0 Å². The van der Waals surface area contributed by atoms with Gasteiger partial charge in [-0.3, -0.25) is 14.9 Å². The van der Waals surface area contributed by atoms with E-state index in [0.29, 0.717) is 40.3 Å². The first-order chi connectivity index (χ1) is 15.5. The summed E-state index contributed by atoms with van der Waals surface area (Å²) in [4.78, 5) is 26.1. The van der Waals surface area contributed by atoms with Crippen molar-refractivity contribution in [3.63, 3.8) is 0 Å². The average Bonchev–Trinajstić information content (AvgIpc) is 3.08. The number of hydrogen-bond donors (Lipinski definition) is 3. The van der Waals surface area contributed by atoms with E-state index in [4.69, 9.17) is 22.7 Å². The molecule has 178 valence electrons. The third-order valence-corrected chi connectivity index (χ3v) is 7.24. The van der Waals surface area contributed by atoms with Gasteiger partial charge in [0, 0.05) is 10.4 Å². The molecule has 0 saturated heterocycles. The van der Waals surface area contributed by atoms with E-state index < -0.39 is 5.91 Å². The fourth-order valence-electron chi connectivity index (χ4n) is 3.97. The van der Waals surface area contributed by atoms with E-state index in [2.05, 4.69) is 45.3 Å². The number of benzene rings is 1. The van der Waals surface area contributed by atoms with Gasteiger partial charge in [-0.05, 0) is 72.5 Å². The van der Waals surface area contributed by atoms with Crippen LogP contribution in [-0.2, 0) is 12.8 Å². The predicted molar refractivity (Wildman–Crippen MR) is 138 cm³/mol. The molecule has 0 fully saturated rings. The maximum atomic E-state index is 12.7. The molecule has 0 radical (unpaired) electrons. The Bertz CT molecular complexity index is 1050. The molecule has 1 heterocycles. The van der Waals surface area contributed by atoms with Gasteiger partial charge in [0.25, 0.3) is 11.8 Å². The van der Waals surface area contributed by atoms with Crippen molar-refractivity contribution in [3.05, 3.63) is 45.8 Å². The number of thiophene rings is 1. The van der Waals surface area contributed by atoms with Crippen LogP contribution in [0, 0.1) is 17.3 Å². The molecule has 2 amide bonds. The second-order valence-electron chi connectivity index (χ2n) is 10.0. The minimum Gasteiger partial charge on any atom is -0.493 e. The standard InChI is InChI=1S/C25H33N3O3S2/c1-14(2)13-31-17-8-6-7-15(11-17)22(30)27-24(32)28-23-20(21(26)29)18-10-9-16(25(3,4)5)12-19(18)33-23/h6-8,11,14,16H,9-10,12-13H2,1-5H3,(H2,26,29)(H2,27,28,30,32)/t16-/m0/s1. The Balaban J connectivity index is 1.72. The molecule has 1 aliphatic carbocycles. The Morgan fingerprint density at radius 1 is 1.30 bits per heavy atom. The Morgan fingerprint density at radius 3 is 2.67 bits per heavy atom. The molecule has 33 heavy (non-hydrogen) atoms. The van der Waals surface area contributed by atoms with Gasteiger partial charge in [-0.1, -0.05) is 40.7 Å². The van der Waals surface area contributed by atoms with Crippen molar-refractivity contribution < 1.29 is 14.3 Å². The van der Waals surface area contributed by atoms with Gasteiger partial charge in [-0.15, -0.1) is 11.3 Å². The quantitative estimate of drug-likeness (QED) is 0.490. The highest BCUT2D eigenvalue weighted by atomic mass is 32.1. The lowest BCUT2D eigenvalue weighted by Gasteiger charge is -2.33. The van der Waals surface area contributed by atoms with Crippen molar-refractivity contribution in [2.45, 2.75) is 53.9 Å². The van der Waals surface area contributed by atoms with E-state index in [0.717, 1.165) is 24.8 Å². The van der Waals surface area contributed by atoms with Crippen LogP contribution in [0.4, 0.5) is 5.00 Å². The highest BCUT2D eigenvalue weighted by Gasteiger charge is 2.33. The zero-order valence-electron chi connectivity index (χ0n) is 19.9. The molecule has 1 aromatic heterocycles. The topological polar surface area (TPSA) is 93.4 Å². The molecule has 2 aromatic rings. The second-order valence-corrected chi connectivity index (χ2v) is 11.5. The number of nitrogens with one attached hydrogen (secondary N) is 2. The van der Waals surface area contributed by atoms with Crippen molar-refractivity contribution in [2.75, 3.05) is 11.9 Å². The smallest absolute Gasteiger partial charge is 0.257 e. The highest BCUT2D eigenvalue weighted by molar-refractivity contribution is 7.80. The van der Waals surface area contributed by atoms with Crippen LogP contribution >= 0.6 is 23.6 Å². The molecule has 1 aliphatic rings. The summed E-state index contributed by atoms with van der Waals surface area (Å²) in [5.41, 5.74) is 7.86. The van der Waals surface area contributed by atoms with Gasteiger partial charge in [0.1, 0.15) is 10.8 Å². The zero-order valence-corrected chi connectivity index (χ0v) is 21.5. The number of fused-ring (bicyclic) bond motifs is 1. The maximum Gasteiger partial charge on any atom is 0.257 e. The molecule has 0 saturated carbocycles. The van der Waals surface area contributed by atoms with Crippen LogP contribution in [0.1, 0.15) is 72.2 Å². The summed E-state index contributed by atoms with van der Waals surface area (Å²) < 4.78 is 5.70. The van der Waals surface area contributed by atoms with E-state index in [1.165, 1.54) is 16.2 Å². The van der Waals surface area contributed by atoms with Crippen LogP contribution in [-0.4, -0.2) is 23.5 Å². The first-order valence-corrected chi connectivity index (χ1v) is 12.5. The molecule has 0 unspecified atom stereocenters. The fourth-order valence-corrected chi connectivity index (χ4v) is 5.57. The molecular weight excluding hydrogens is 454 g/mol. The summed E-state index contributed by atoms with van der Waals surface area (Å²) in [6.45, 7) is 11.4. The summed E-state index contributed by atoms with van der Waals surface area (Å²) >= 11 is 6.88. The second kappa shape index (κ2) is 10.2. The van der Waals surface area contributed by atoms with Crippen molar-refractivity contribution in [3.8, 4) is 5.75 Å². The summed E-state index contributed by atoms with van der Waals surface area (Å²) in [6.07, 6.45) is 2.74. The molecule has 1 aromatic carbocycles. The summed E-state index contributed by atoms with van der Waals surface area (Å²) in [5.74, 6) is 0.722. The minimum absolute atomic E-state index is 0.127. The van der Waals surface area contributed by atoms with Crippen LogP contribution in [0.25, 0.3) is 0 Å². The summed E-state index contributed by atoms with van der Waals surface area (Å²) in [5, 5.41) is 6.47. The van der Waals surface area contributed by atoms with E-state index in [-0.39, 0.29) is 16.4 Å². The summed E-state index contributed by atoms with van der Waals surface area (Å²) in [7, 11) is 0. The van der Waals surface area contributed by atoms with Crippen molar-refractivity contribution in [2.24, 2.45) is 23.0 Å². The average molecular weight is 488 g/mol. The molecule has 1 atom stereocenters. The number of carbonyl (C=O) groups is 2. The SMILES string of the molecule is CC(C)COc1cccc(C(=O)NC(=S)Nc2sc3c(c2C(N)=O)CC[C@H](C(C)(C)C)C3)c1. The molecule has 0 aliphatic heterocycles. The molecule has 3 rings (SSSR count). The number of anilines is 1. The van der Waals surface area contributed by atoms with Crippen LogP contribution in [0.3, 0.4) is 0 Å².